The molecule has 0 saturated heterocycles. The number of nitrogens with one attached hydrogen (secondary N) is 2. The van der Waals surface area contributed by atoms with E-state index in [-0.39, 0.29) is 38.5 Å². The van der Waals surface area contributed by atoms with Gasteiger partial charge in [0.15, 0.2) is 11.7 Å². The van der Waals surface area contributed by atoms with Crippen molar-refractivity contribution >= 4 is 57.2 Å². The van der Waals surface area contributed by atoms with Crippen LogP contribution in [0.15, 0.2) is 24.3 Å². The lowest BCUT2D eigenvalue weighted by Crippen LogP contribution is -2.35. The number of hydrogen-bond donors (Lipinski definition) is 3. The summed E-state index contributed by atoms with van der Waals surface area (Å²) in [5.74, 6) is -0.923. The third-order valence-electron chi connectivity index (χ3n) is 6.75. The molecule has 0 saturated carbocycles. The quantitative estimate of drug-likeness (QED) is 0.337. The Balaban J connectivity index is 1.46. The molecule has 37 heavy (non-hydrogen) atoms. The number of benzene rings is 1. The van der Waals surface area contributed by atoms with Gasteiger partial charge in [0, 0.05) is 17.4 Å². The zero-order valence-electron chi connectivity index (χ0n) is 19.5. The minimum atomic E-state index is -4.62. The Labute approximate surface area is 224 Å². The van der Waals surface area contributed by atoms with E-state index in [0.717, 1.165) is 28.0 Å². The van der Waals surface area contributed by atoms with Crippen molar-refractivity contribution in [2.45, 2.75) is 50.9 Å². The van der Waals surface area contributed by atoms with Gasteiger partial charge in [-0.15, -0.1) is 11.3 Å². The summed E-state index contributed by atoms with van der Waals surface area (Å²) in [6, 6.07) is 3.18. The van der Waals surface area contributed by atoms with Crippen LogP contribution in [-0.2, 0) is 12.8 Å². The van der Waals surface area contributed by atoms with Gasteiger partial charge in [0.25, 0.3) is 11.8 Å². The Morgan fingerprint density at radius 1 is 1.24 bits per heavy atom. The molecule has 7 nitrogen and oxygen atoms in total. The summed E-state index contributed by atoms with van der Waals surface area (Å²) in [5.41, 5.74) is 7.00. The summed E-state index contributed by atoms with van der Waals surface area (Å²) in [5, 5.41) is 10.5. The molecule has 3 aromatic rings. The van der Waals surface area contributed by atoms with Crippen LogP contribution in [0, 0.1) is 5.92 Å². The van der Waals surface area contributed by atoms with Crippen molar-refractivity contribution < 1.29 is 22.8 Å². The summed E-state index contributed by atoms with van der Waals surface area (Å²) >= 11 is 13.3. The molecule has 0 fully saturated rings. The molecule has 1 aromatic carbocycles. The molecule has 196 valence electrons. The standard InChI is InChI=1S/C24H22Cl2F3N5O2S/c1-10-2-4-12-17(6-10)37-23(20(12)21(30)35)32-22(36)16-9-19-31-15(11-3-5-13(25)14(26)7-11)8-18(24(27,28)29)34(19)33-16/h3,5,7,9-10,15,18,31H,2,4,6,8H2,1H3,(H2,30,35)(H,32,36)/t10-,15+,18-/m0/s1. The number of carbonyl (C=O) groups is 2. The average Bonchev–Trinajstić information content (AvgIpc) is 3.40. The number of halogens is 5. The Hall–Kier alpha value is -2.76. The number of hydrogen-bond acceptors (Lipinski definition) is 5. The molecule has 1 aliphatic heterocycles. The molecule has 3 atom stereocenters. The molecule has 0 radical (unpaired) electrons. The van der Waals surface area contributed by atoms with E-state index in [1.165, 1.54) is 29.5 Å². The first-order valence-electron chi connectivity index (χ1n) is 11.6. The van der Waals surface area contributed by atoms with Crippen LogP contribution in [0.25, 0.3) is 0 Å². The number of nitrogens with two attached hydrogens (primary N) is 1. The summed E-state index contributed by atoms with van der Waals surface area (Å²) < 4.78 is 42.9. The number of amides is 2. The van der Waals surface area contributed by atoms with Gasteiger partial charge >= 0.3 is 6.18 Å². The summed E-state index contributed by atoms with van der Waals surface area (Å²) in [4.78, 5) is 26.3. The predicted molar refractivity (Wildman–Crippen MR) is 137 cm³/mol. The average molecular weight is 572 g/mol. The third kappa shape index (κ3) is 4.92. The first-order valence-corrected chi connectivity index (χ1v) is 13.1. The van der Waals surface area contributed by atoms with Gasteiger partial charge in [-0.25, -0.2) is 4.68 Å². The van der Waals surface area contributed by atoms with E-state index in [4.69, 9.17) is 28.9 Å². The molecule has 2 aliphatic rings. The van der Waals surface area contributed by atoms with Gasteiger partial charge in [0.05, 0.1) is 21.7 Å². The van der Waals surface area contributed by atoms with E-state index in [1.54, 1.807) is 6.07 Å². The lowest BCUT2D eigenvalue weighted by Gasteiger charge is -2.33. The van der Waals surface area contributed by atoms with Crippen LogP contribution < -0.4 is 16.4 Å². The Bertz CT molecular complexity index is 1400. The highest BCUT2D eigenvalue weighted by atomic mass is 35.5. The Morgan fingerprint density at radius 3 is 2.68 bits per heavy atom. The molecule has 0 bridgehead atoms. The van der Waals surface area contributed by atoms with Crippen molar-refractivity contribution in [3.8, 4) is 0 Å². The fourth-order valence-electron chi connectivity index (χ4n) is 4.90. The first-order chi connectivity index (χ1) is 17.4. The topological polar surface area (TPSA) is 102 Å². The van der Waals surface area contributed by atoms with E-state index in [1.807, 2.05) is 0 Å². The van der Waals surface area contributed by atoms with Crippen LogP contribution in [0.4, 0.5) is 24.0 Å². The molecule has 0 spiro atoms. The number of aromatic nitrogens is 2. The lowest BCUT2D eigenvalue weighted by molar-refractivity contribution is -0.173. The van der Waals surface area contributed by atoms with Gasteiger partial charge in [0.2, 0.25) is 0 Å². The van der Waals surface area contributed by atoms with Crippen LogP contribution in [-0.4, -0.2) is 27.8 Å². The highest BCUT2D eigenvalue weighted by molar-refractivity contribution is 7.17. The maximum atomic E-state index is 14.0. The van der Waals surface area contributed by atoms with Crippen LogP contribution in [0.3, 0.4) is 0 Å². The molecule has 4 N–H and O–H groups in total. The number of anilines is 2. The number of primary amides is 1. The zero-order valence-corrected chi connectivity index (χ0v) is 21.8. The smallest absolute Gasteiger partial charge is 0.365 e. The van der Waals surface area contributed by atoms with Crippen molar-refractivity contribution in [2.75, 3.05) is 10.6 Å². The van der Waals surface area contributed by atoms with Crippen LogP contribution in [0.5, 0.6) is 0 Å². The summed E-state index contributed by atoms with van der Waals surface area (Å²) in [6.45, 7) is 2.11. The van der Waals surface area contributed by atoms with E-state index in [9.17, 15) is 22.8 Å². The minimum Gasteiger partial charge on any atom is -0.365 e. The lowest BCUT2D eigenvalue weighted by atomic mass is 9.88. The van der Waals surface area contributed by atoms with Crippen molar-refractivity contribution in [1.29, 1.82) is 0 Å². The molecular weight excluding hydrogens is 550 g/mol. The molecule has 13 heteroatoms. The maximum absolute atomic E-state index is 14.0. The van der Waals surface area contributed by atoms with Gasteiger partial charge in [0.1, 0.15) is 10.8 Å². The number of fused-ring (bicyclic) bond motifs is 2. The third-order valence-corrected chi connectivity index (χ3v) is 8.66. The van der Waals surface area contributed by atoms with Gasteiger partial charge in [-0.2, -0.15) is 18.3 Å². The second-order valence-corrected chi connectivity index (χ2v) is 11.3. The van der Waals surface area contributed by atoms with Gasteiger partial charge < -0.3 is 16.4 Å². The molecule has 0 unspecified atom stereocenters. The fraction of sp³-hybridized carbons (Fsp3) is 0.375. The van der Waals surface area contributed by atoms with E-state index >= 15 is 0 Å². The normalized spacial score (nSPS) is 21.1. The maximum Gasteiger partial charge on any atom is 0.410 e. The van der Waals surface area contributed by atoms with Crippen molar-refractivity contribution in [1.82, 2.24) is 9.78 Å². The van der Waals surface area contributed by atoms with Gasteiger partial charge in [-0.1, -0.05) is 36.2 Å². The molecule has 3 heterocycles. The number of thiophene rings is 1. The van der Waals surface area contributed by atoms with Crippen molar-refractivity contribution in [2.24, 2.45) is 11.7 Å². The Kier molecular flexibility index (Phi) is 6.66. The zero-order chi connectivity index (χ0) is 26.6. The van der Waals surface area contributed by atoms with Crippen LogP contribution >= 0.6 is 34.5 Å². The van der Waals surface area contributed by atoms with Gasteiger partial charge in [-0.3, -0.25) is 9.59 Å². The highest BCUT2D eigenvalue weighted by Crippen LogP contribution is 2.45. The molecular formula is C24H22Cl2F3N5O2S. The minimum absolute atomic E-state index is 0.0317. The summed E-state index contributed by atoms with van der Waals surface area (Å²) in [7, 11) is 0. The SMILES string of the molecule is C[C@H]1CCc2c(sc(NC(=O)c3cc4n(n3)[C@H](C(F)(F)F)C[C@H](c3ccc(Cl)c(Cl)c3)N4)c2C(N)=O)C1. The summed E-state index contributed by atoms with van der Waals surface area (Å²) in [6.07, 6.45) is -2.64. The largest absolute Gasteiger partial charge is 0.410 e. The highest BCUT2D eigenvalue weighted by Gasteiger charge is 2.47. The van der Waals surface area contributed by atoms with Crippen molar-refractivity contribution in [3.05, 3.63) is 61.6 Å². The van der Waals surface area contributed by atoms with E-state index in [2.05, 4.69) is 22.7 Å². The molecule has 2 aromatic heterocycles. The predicted octanol–water partition coefficient (Wildman–Crippen LogP) is 6.39. The van der Waals surface area contributed by atoms with Gasteiger partial charge in [-0.05, 0) is 48.4 Å². The number of nitrogens with zero attached hydrogens (tertiary/aromatic N) is 2. The van der Waals surface area contributed by atoms with Crippen LogP contribution in [0.1, 0.15) is 68.7 Å². The number of alkyl halides is 3. The fourth-order valence-corrected chi connectivity index (χ4v) is 6.62. The van der Waals surface area contributed by atoms with E-state index in [0.29, 0.717) is 17.9 Å². The van der Waals surface area contributed by atoms with Crippen LogP contribution in [0.2, 0.25) is 10.0 Å². The van der Waals surface area contributed by atoms with E-state index < -0.39 is 30.1 Å². The molecule has 2 amide bonds. The molecule has 5 rings (SSSR count). The first kappa shape index (κ1) is 25.9. The second-order valence-electron chi connectivity index (χ2n) is 9.40. The number of rotatable bonds is 4. The monoisotopic (exact) mass is 571 g/mol. The Morgan fingerprint density at radius 2 is 2.00 bits per heavy atom. The van der Waals surface area contributed by atoms with Crippen molar-refractivity contribution in [3.63, 3.8) is 0 Å². The molecule has 1 aliphatic carbocycles. The number of carbonyl (C=O) groups excluding carboxylic acids is 2. The second kappa shape index (κ2) is 9.52.